The third-order valence-electron chi connectivity index (χ3n) is 3.01. The van der Waals surface area contributed by atoms with Gasteiger partial charge in [0.2, 0.25) is 5.88 Å². The lowest BCUT2D eigenvalue weighted by molar-refractivity contribution is 0.394. The Bertz CT molecular complexity index is 592. The van der Waals surface area contributed by atoms with Crippen molar-refractivity contribution in [3.63, 3.8) is 0 Å². The predicted molar refractivity (Wildman–Crippen MR) is 70.4 cm³/mol. The maximum Gasteiger partial charge on any atom is 0.216 e. The third kappa shape index (κ3) is 3.27. The largest absolute Gasteiger partial charge is 0.481 e. The molecule has 1 aromatic heterocycles. The van der Waals surface area contributed by atoms with Gasteiger partial charge in [0.1, 0.15) is 18.0 Å². The van der Waals surface area contributed by atoms with Gasteiger partial charge in [-0.2, -0.15) is 0 Å². The Labute approximate surface area is 115 Å². The van der Waals surface area contributed by atoms with Gasteiger partial charge in [-0.3, -0.25) is 0 Å². The fourth-order valence-corrected chi connectivity index (χ4v) is 1.93. The van der Waals surface area contributed by atoms with E-state index in [4.69, 9.17) is 4.74 Å². The van der Waals surface area contributed by atoms with Crippen LogP contribution in [0.15, 0.2) is 30.6 Å². The molecule has 0 saturated heterocycles. The van der Waals surface area contributed by atoms with Crippen molar-refractivity contribution in [1.29, 1.82) is 0 Å². The summed E-state index contributed by atoms with van der Waals surface area (Å²) in [5, 5.41) is 3.03. The van der Waals surface area contributed by atoms with Crippen molar-refractivity contribution in [1.82, 2.24) is 15.3 Å². The van der Waals surface area contributed by atoms with Gasteiger partial charge in [-0.15, -0.1) is 0 Å². The summed E-state index contributed by atoms with van der Waals surface area (Å²) in [6.45, 7) is 0. The molecule has 1 unspecified atom stereocenters. The quantitative estimate of drug-likeness (QED) is 0.912. The summed E-state index contributed by atoms with van der Waals surface area (Å²) in [5.41, 5.74) is 0.949. The highest BCUT2D eigenvalue weighted by Crippen LogP contribution is 2.21. The van der Waals surface area contributed by atoms with Crippen molar-refractivity contribution in [3.05, 3.63) is 53.5 Å². The number of rotatable bonds is 5. The summed E-state index contributed by atoms with van der Waals surface area (Å²) in [6, 6.07) is 4.82. The molecule has 106 valence electrons. The number of aromatic nitrogens is 2. The van der Waals surface area contributed by atoms with E-state index in [2.05, 4.69) is 15.3 Å². The van der Waals surface area contributed by atoms with Crippen LogP contribution in [0, 0.1) is 11.6 Å². The molecular formula is C14H15F2N3O. The molecule has 6 heteroatoms. The van der Waals surface area contributed by atoms with Crippen LogP contribution in [0.2, 0.25) is 0 Å². The molecule has 0 radical (unpaired) electrons. The molecule has 2 aromatic rings. The maximum atomic E-state index is 13.7. The first-order chi connectivity index (χ1) is 9.63. The average molecular weight is 279 g/mol. The van der Waals surface area contributed by atoms with Crippen molar-refractivity contribution in [2.75, 3.05) is 14.2 Å². The van der Waals surface area contributed by atoms with Gasteiger partial charge in [0.15, 0.2) is 0 Å². The highest BCUT2D eigenvalue weighted by molar-refractivity contribution is 5.23. The molecule has 1 N–H and O–H groups in total. The molecule has 0 fully saturated rings. The standard InChI is InChI=1S/C14H15F2N3O/c1-17-12(13-7-14(20-2)19-8-18-13)6-9-5-10(15)3-4-11(9)16/h3-5,7-8,12,17H,6H2,1-2H3. The van der Waals surface area contributed by atoms with Gasteiger partial charge in [-0.1, -0.05) is 0 Å². The highest BCUT2D eigenvalue weighted by atomic mass is 19.1. The Kier molecular flexibility index (Phi) is 4.57. The summed E-state index contributed by atoms with van der Waals surface area (Å²) >= 11 is 0. The zero-order valence-electron chi connectivity index (χ0n) is 11.2. The molecule has 0 amide bonds. The van der Waals surface area contributed by atoms with Crippen LogP contribution < -0.4 is 10.1 Å². The van der Waals surface area contributed by atoms with E-state index >= 15 is 0 Å². The average Bonchev–Trinajstić information content (AvgIpc) is 2.48. The molecule has 1 aromatic carbocycles. The molecule has 4 nitrogen and oxygen atoms in total. The number of benzene rings is 1. The van der Waals surface area contributed by atoms with Crippen molar-refractivity contribution in [3.8, 4) is 5.88 Å². The maximum absolute atomic E-state index is 13.7. The predicted octanol–water partition coefficient (Wildman–Crippen LogP) is 2.27. The molecule has 2 rings (SSSR count). The minimum Gasteiger partial charge on any atom is -0.481 e. The van der Waals surface area contributed by atoms with E-state index in [1.807, 2.05) is 0 Å². The van der Waals surface area contributed by atoms with E-state index in [0.717, 1.165) is 12.1 Å². The number of nitrogens with one attached hydrogen (secondary N) is 1. The van der Waals surface area contributed by atoms with Crippen LogP contribution in [0.4, 0.5) is 8.78 Å². The first kappa shape index (κ1) is 14.3. The fraction of sp³-hybridized carbons (Fsp3) is 0.286. The molecule has 0 aliphatic heterocycles. The molecule has 0 aliphatic carbocycles. The van der Waals surface area contributed by atoms with Gasteiger partial charge >= 0.3 is 0 Å². The third-order valence-corrected chi connectivity index (χ3v) is 3.01. The second-order valence-electron chi connectivity index (χ2n) is 4.27. The van der Waals surface area contributed by atoms with Crippen LogP contribution in [0.3, 0.4) is 0 Å². The van der Waals surface area contributed by atoms with Gasteiger partial charge < -0.3 is 10.1 Å². The zero-order chi connectivity index (χ0) is 14.5. The molecule has 0 spiro atoms. The second kappa shape index (κ2) is 6.38. The number of nitrogens with zero attached hydrogens (tertiary/aromatic N) is 2. The molecule has 0 saturated carbocycles. The molecule has 1 atom stereocenters. The van der Waals surface area contributed by atoms with Crippen LogP contribution in [0.25, 0.3) is 0 Å². The van der Waals surface area contributed by atoms with E-state index in [0.29, 0.717) is 17.1 Å². The Hall–Kier alpha value is -2.08. The van der Waals surface area contributed by atoms with E-state index in [-0.39, 0.29) is 12.5 Å². The van der Waals surface area contributed by atoms with Crippen LogP contribution >= 0.6 is 0 Å². The van der Waals surface area contributed by atoms with Gasteiger partial charge in [0.25, 0.3) is 0 Å². The first-order valence-corrected chi connectivity index (χ1v) is 6.11. The zero-order valence-corrected chi connectivity index (χ0v) is 11.2. The molecule has 1 heterocycles. The Morgan fingerprint density at radius 1 is 1.25 bits per heavy atom. The number of hydrogen-bond acceptors (Lipinski definition) is 4. The van der Waals surface area contributed by atoms with Crippen molar-refractivity contribution in [2.45, 2.75) is 12.5 Å². The minimum atomic E-state index is -0.462. The van der Waals surface area contributed by atoms with Gasteiger partial charge in [-0.25, -0.2) is 18.7 Å². The van der Waals surface area contributed by atoms with Gasteiger partial charge in [0.05, 0.1) is 18.8 Å². The Morgan fingerprint density at radius 3 is 2.75 bits per heavy atom. The topological polar surface area (TPSA) is 47.0 Å². The smallest absolute Gasteiger partial charge is 0.216 e. The monoisotopic (exact) mass is 279 g/mol. The van der Waals surface area contributed by atoms with E-state index in [1.165, 1.54) is 19.5 Å². The molecule has 0 bridgehead atoms. The van der Waals surface area contributed by atoms with E-state index in [1.54, 1.807) is 13.1 Å². The summed E-state index contributed by atoms with van der Waals surface area (Å²) < 4.78 is 31.9. The molecule has 20 heavy (non-hydrogen) atoms. The Morgan fingerprint density at radius 2 is 2.05 bits per heavy atom. The Balaban J connectivity index is 2.26. The lowest BCUT2D eigenvalue weighted by Gasteiger charge is -2.16. The number of likely N-dealkylation sites (N-methyl/N-ethyl adjacent to an activating group) is 1. The number of ether oxygens (including phenoxy) is 1. The van der Waals surface area contributed by atoms with Crippen molar-refractivity contribution in [2.24, 2.45) is 0 Å². The van der Waals surface area contributed by atoms with Gasteiger partial charge in [0, 0.05) is 6.07 Å². The number of hydrogen-bond donors (Lipinski definition) is 1. The van der Waals surface area contributed by atoms with Crippen LogP contribution in [0.5, 0.6) is 5.88 Å². The molecule has 0 aliphatic rings. The lowest BCUT2D eigenvalue weighted by atomic mass is 10.0. The van der Waals surface area contributed by atoms with Crippen LogP contribution in [-0.2, 0) is 6.42 Å². The first-order valence-electron chi connectivity index (χ1n) is 6.11. The van der Waals surface area contributed by atoms with Crippen molar-refractivity contribution >= 4 is 0 Å². The fourth-order valence-electron chi connectivity index (χ4n) is 1.93. The second-order valence-corrected chi connectivity index (χ2v) is 4.27. The lowest BCUT2D eigenvalue weighted by Crippen LogP contribution is -2.20. The molecular weight excluding hydrogens is 264 g/mol. The summed E-state index contributed by atoms with van der Waals surface area (Å²) in [6.07, 6.45) is 1.65. The minimum absolute atomic E-state index is 0.261. The van der Waals surface area contributed by atoms with Crippen LogP contribution in [-0.4, -0.2) is 24.1 Å². The number of halogens is 2. The SMILES string of the molecule is CNC(Cc1cc(F)ccc1F)c1cc(OC)ncn1. The van der Waals surface area contributed by atoms with Gasteiger partial charge in [-0.05, 0) is 37.2 Å². The number of methoxy groups -OCH3 is 1. The van der Waals surface area contributed by atoms with E-state index in [9.17, 15) is 8.78 Å². The normalized spacial score (nSPS) is 12.2. The highest BCUT2D eigenvalue weighted by Gasteiger charge is 2.15. The summed E-state index contributed by atoms with van der Waals surface area (Å²) in [5.74, 6) is -0.473. The summed E-state index contributed by atoms with van der Waals surface area (Å²) in [7, 11) is 3.24. The van der Waals surface area contributed by atoms with Crippen LogP contribution in [0.1, 0.15) is 17.3 Å². The van der Waals surface area contributed by atoms with Crippen molar-refractivity contribution < 1.29 is 13.5 Å². The van der Waals surface area contributed by atoms with E-state index < -0.39 is 11.6 Å². The summed E-state index contributed by atoms with van der Waals surface area (Å²) in [4.78, 5) is 8.06.